The number of hydrogen-bond acceptors (Lipinski definition) is 4. The van der Waals surface area contributed by atoms with Gasteiger partial charge in [-0.2, -0.15) is 0 Å². The molecule has 2 rings (SSSR count). The van der Waals surface area contributed by atoms with Gasteiger partial charge in [0.25, 0.3) is 0 Å². The van der Waals surface area contributed by atoms with Crippen molar-refractivity contribution in [3.63, 3.8) is 0 Å². The van der Waals surface area contributed by atoms with Crippen LogP contribution >= 0.6 is 0 Å². The van der Waals surface area contributed by atoms with Crippen LogP contribution in [0.4, 0.5) is 4.79 Å². The maximum Gasteiger partial charge on any atom is 0.408 e. The first-order chi connectivity index (χ1) is 16.4. The fourth-order valence-electron chi connectivity index (χ4n) is 4.24. The Bertz CT molecular complexity index is 868. The average Bonchev–Trinajstić information content (AvgIpc) is 3.57. The summed E-state index contributed by atoms with van der Waals surface area (Å²) >= 11 is 0. The fraction of sp³-hybridized carbons (Fsp3) is 0.679. The van der Waals surface area contributed by atoms with Gasteiger partial charge in [-0.05, 0) is 65.4 Å². The number of rotatable bonds is 11. The van der Waals surface area contributed by atoms with Gasteiger partial charge in [-0.1, -0.05) is 62.9 Å². The number of aryl methyl sites for hydroxylation is 2. The predicted molar refractivity (Wildman–Crippen MR) is 139 cm³/mol. The summed E-state index contributed by atoms with van der Waals surface area (Å²) < 4.78 is 5.46. The van der Waals surface area contributed by atoms with Crippen LogP contribution in [0.15, 0.2) is 18.2 Å². The van der Waals surface area contributed by atoms with Crippen molar-refractivity contribution in [2.24, 2.45) is 5.92 Å². The monoisotopic (exact) mass is 487 g/mol. The van der Waals surface area contributed by atoms with E-state index >= 15 is 0 Å². The average molecular weight is 488 g/mol. The lowest BCUT2D eigenvalue weighted by molar-refractivity contribution is -0.144. The summed E-state index contributed by atoms with van der Waals surface area (Å²) in [4.78, 5) is 42.1. The molecule has 3 unspecified atom stereocenters. The van der Waals surface area contributed by atoms with Crippen LogP contribution in [0.5, 0.6) is 0 Å². The minimum absolute atomic E-state index is 0.0303. The molecule has 35 heavy (non-hydrogen) atoms. The second-order valence-corrected chi connectivity index (χ2v) is 11.0. The van der Waals surface area contributed by atoms with E-state index in [9.17, 15) is 14.4 Å². The molecule has 0 radical (unpaired) electrons. The molecule has 0 heterocycles. The quantitative estimate of drug-likeness (QED) is 0.421. The topological polar surface area (TPSA) is 87.7 Å². The van der Waals surface area contributed by atoms with E-state index < -0.39 is 23.8 Å². The molecular formula is C28H45N3O4. The first kappa shape index (κ1) is 28.7. The molecule has 2 N–H and O–H groups in total. The van der Waals surface area contributed by atoms with Crippen LogP contribution < -0.4 is 10.6 Å². The molecule has 0 spiro atoms. The van der Waals surface area contributed by atoms with E-state index in [1.54, 1.807) is 25.7 Å². The van der Waals surface area contributed by atoms with Crippen molar-refractivity contribution < 1.29 is 19.1 Å². The van der Waals surface area contributed by atoms with Gasteiger partial charge in [0.2, 0.25) is 11.8 Å². The van der Waals surface area contributed by atoms with Crippen LogP contribution in [0.3, 0.4) is 0 Å². The molecule has 7 heteroatoms. The van der Waals surface area contributed by atoms with Crippen LogP contribution in [0.1, 0.15) is 96.4 Å². The van der Waals surface area contributed by atoms with E-state index in [0.717, 1.165) is 42.4 Å². The van der Waals surface area contributed by atoms with Crippen molar-refractivity contribution in [1.29, 1.82) is 0 Å². The lowest BCUT2D eigenvalue weighted by atomic mass is 9.94. The molecule has 1 aromatic carbocycles. The summed E-state index contributed by atoms with van der Waals surface area (Å²) in [6.07, 6.45) is 3.60. The van der Waals surface area contributed by atoms with Crippen molar-refractivity contribution in [2.45, 2.75) is 111 Å². The van der Waals surface area contributed by atoms with E-state index in [4.69, 9.17) is 4.74 Å². The third-order valence-corrected chi connectivity index (χ3v) is 6.26. The largest absolute Gasteiger partial charge is 0.444 e. The molecule has 1 saturated carbocycles. The number of hydrogen-bond donors (Lipinski definition) is 2. The fourth-order valence-corrected chi connectivity index (χ4v) is 4.24. The molecule has 0 aliphatic heterocycles. The maximum atomic E-state index is 14.1. The summed E-state index contributed by atoms with van der Waals surface area (Å²) in [5.41, 5.74) is 2.21. The molecule has 1 aromatic rings. The lowest BCUT2D eigenvalue weighted by Crippen LogP contribution is -2.56. The summed E-state index contributed by atoms with van der Waals surface area (Å²) in [6.45, 7) is 15.9. The Morgan fingerprint density at radius 1 is 1.09 bits per heavy atom. The zero-order valence-electron chi connectivity index (χ0n) is 22.9. The summed E-state index contributed by atoms with van der Waals surface area (Å²) in [5.74, 6) is -0.536. The molecule has 3 atom stereocenters. The van der Waals surface area contributed by atoms with Crippen molar-refractivity contribution in [3.8, 4) is 0 Å². The van der Waals surface area contributed by atoms with Gasteiger partial charge in [-0.3, -0.25) is 9.59 Å². The lowest BCUT2D eigenvalue weighted by Gasteiger charge is -2.36. The summed E-state index contributed by atoms with van der Waals surface area (Å²) in [6, 6.07) is 4.46. The number of alkyl carbamates (subject to hydrolysis) is 1. The smallest absolute Gasteiger partial charge is 0.408 e. The third-order valence-electron chi connectivity index (χ3n) is 6.26. The summed E-state index contributed by atoms with van der Waals surface area (Å²) in [5, 5.41) is 5.87. The number of carbonyl (C=O) groups is 3. The van der Waals surface area contributed by atoms with E-state index in [2.05, 4.69) is 23.6 Å². The van der Waals surface area contributed by atoms with Crippen molar-refractivity contribution >= 4 is 17.9 Å². The minimum Gasteiger partial charge on any atom is -0.444 e. The second-order valence-electron chi connectivity index (χ2n) is 11.0. The molecule has 3 amide bonds. The Balaban J connectivity index is 2.47. The number of benzene rings is 1. The van der Waals surface area contributed by atoms with Crippen molar-refractivity contribution in [2.75, 3.05) is 6.54 Å². The number of carbonyl (C=O) groups excluding carboxylic acids is 3. The number of nitrogens with one attached hydrogen (secondary N) is 2. The SMILES string of the molecule is CCCCNC(=O)C(c1cc(C)cc(C)c1)N(C(=O)C(NC(=O)OC(C)(C)C)C(C)CC)C1CC1. The number of unbranched alkanes of at least 4 members (excludes halogenated alkanes) is 1. The summed E-state index contributed by atoms with van der Waals surface area (Å²) in [7, 11) is 0. The number of ether oxygens (including phenoxy) is 1. The molecule has 1 aliphatic carbocycles. The van der Waals surface area contributed by atoms with Crippen LogP contribution in [0.2, 0.25) is 0 Å². The highest BCUT2D eigenvalue weighted by atomic mass is 16.6. The van der Waals surface area contributed by atoms with Crippen LogP contribution in [0, 0.1) is 19.8 Å². The van der Waals surface area contributed by atoms with E-state index in [1.165, 1.54) is 0 Å². The normalized spacial score (nSPS) is 16.1. The van der Waals surface area contributed by atoms with Gasteiger partial charge < -0.3 is 20.3 Å². The molecular weight excluding hydrogens is 442 g/mol. The third kappa shape index (κ3) is 8.55. The van der Waals surface area contributed by atoms with Crippen molar-refractivity contribution in [1.82, 2.24) is 15.5 Å². The molecule has 1 aliphatic rings. The maximum absolute atomic E-state index is 14.1. The predicted octanol–water partition coefficient (Wildman–Crippen LogP) is 5.19. The van der Waals surface area contributed by atoms with Gasteiger partial charge >= 0.3 is 6.09 Å². The Kier molecular flexibility index (Phi) is 10.2. The van der Waals surface area contributed by atoms with Gasteiger partial charge in [0, 0.05) is 12.6 Å². The van der Waals surface area contributed by atoms with E-state index in [0.29, 0.717) is 13.0 Å². The van der Waals surface area contributed by atoms with E-state index in [1.807, 2.05) is 39.8 Å². The zero-order valence-corrected chi connectivity index (χ0v) is 22.9. The second kappa shape index (κ2) is 12.4. The first-order valence-corrected chi connectivity index (χ1v) is 13.1. The molecule has 0 aromatic heterocycles. The van der Waals surface area contributed by atoms with Gasteiger partial charge in [0.1, 0.15) is 17.7 Å². The Labute approximate surface area is 211 Å². The highest BCUT2D eigenvalue weighted by Crippen LogP contribution is 2.37. The molecule has 1 fully saturated rings. The van der Waals surface area contributed by atoms with Crippen LogP contribution in [0.25, 0.3) is 0 Å². The molecule has 196 valence electrons. The zero-order chi connectivity index (χ0) is 26.3. The highest BCUT2D eigenvalue weighted by molar-refractivity contribution is 5.92. The number of amides is 3. The van der Waals surface area contributed by atoms with Gasteiger partial charge in [0.15, 0.2) is 0 Å². The molecule has 0 saturated heterocycles. The molecule has 7 nitrogen and oxygen atoms in total. The highest BCUT2D eigenvalue weighted by Gasteiger charge is 2.45. The molecule has 0 bridgehead atoms. The van der Waals surface area contributed by atoms with Gasteiger partial charge in [-0.15, -0.1) is 0 Å². The van der Waals surface area contributed by atoms with Gasteiger partial charge in [-0.25, -0.2) is 4.79 Å². The number of nitrogens with zero attached hydrogens (tertiary/aromatic N) is 1. The first-order valence-electron chi connectivity index (χ1n) is 13.1. The van der Waals surface area contributed by atoms with E-state index in [-0.39, 0.29) is 23.8 Å². The van der Waals surface area contributed by atoms with Gasteiger partial charge in [0.05, 0.1) is 0 Å². The van der Waals surface area contributed by atoms with Crippen LogP contribution in [-0.4, -0.2) is 47.0 Å². The Morgan fingerprint density at radius 3 is 2.17 bits per heavy atom. The van der Waals surface area contributed by atoms with Crippen molar-refractivity contribution in [3.05, 3.63) is 34.9 Å². The Hall–Kier alpha value is -2.57. The van der Waals surface area contributed by atoms with Crippen LogP contribution in [-0.2, 0) is 14.3 Å². The Morgan fingerprint density at radius 2 is 1.69 bits per heavy atom. The minimum atomic E-state index is -0.785. The standard InChI is InChI=1S/C28H45N3O4/c1-9-11-14-29-25(32)24(21-16-18(3)15-19(4)17-21)31(22-12-13-22)26(33)23(20(5)10-2)30-27(34)35-28(6,7)8/h15-17,20,22-24H,9-14H2,1-8H3,(H,29,32)(H,30,34).